The molecule has 0 aromatic heterocycles. The van der Waals surface area contributed by atoms with Crippen molar-refractivity contribution in [1.29, 1.82) is 0 Å². The Labute approximate surface area is 139 Å². The second-order valence-corrected chi connectivity index (χ2v) is 5.94. The molecule has 21 heavy (non-hydrogen) atoms. The number of methoxy groups -OCH3 is 2. The van der Waals surface area contributed by atoms with Crippen LogP contribution < -0.4 is 9.47 Å². The molecule has 2 aromatic carbocycles. The first-order valence-electron chi connectivity index (χ1n) is 6.29. The minimum Gasteiger partial charge on any atom is -0.493 e. The lowest BCUT2D eigenvalue weighted by atomic mass is 9.99. The van der Waals surface area contributed by atoms with Crippen molar-refractivity contribution >= 4 is 34.8 Å². The van der Waals surface area contributed by atoms with Gasteiger partial charge in [-0.3, -0.25) is 0 Å². The van der Waals surface area contributed by atoms with Crippen LogP contribution >= 0.6 is 34.8 Å². The predicted molar refractivity (Wildman–Crippen MR) is 88.4 cm³/mol. The second-order valence-electron chi connectivity index (χ2n) is 4.63. The van der Waals surface area contributed by atoms with Gasteiger partial charge in [-0.15, -0.1) is 11.6 Å². The normalized spacial score (nSPS) is 12.1. The molecule has 5 heteroatoms. The molecule has 0 saturated carbocycles. The summed E-state index contributed by atoms with van der Waals surface area (Å²) in [5, 5.41) is 0.739. The highest BCUT2D eigenvalue weighted by molar-refractivity contribution is 6.35. The van der Waals surface area contributed by atoms with E-state index in [1.54, 1.807) is 32.4 Å². The number of benzene rings is 2. The highest BCUT2D eigenvalue weighted by atomic mass is 35.5. The van der Waals surface area contributed by atoms with Gasteiger partial charge in [-0.25, -0.2) is 0 Å². The van der Waals surface area contributed by atoms with E-state index in [2.05, 4.69) is 0 Å². The summed E-state index contributed by atoms with van der Waals surface area (Å²) < 4.78 is 10.6. The van der Waals surface area contributed by atoms with Crippen molar-refractivity contribution in [3.05, 3.63) is 57.1 Å². The van der Waals surface area contributed by atoms with Gasteiger partial charge in [0, 0.05) is 10.0 Å². The molecule has 2 aromatic rings. The molecule has 0 spiro atoms. The maximum atomic E-state index is 6.59. The molecule has 2 nitrogen and oxygen atoms in total. The van der Waals surface area contributed by atoms with Gasteiger partial charge in [-0.2, -0.15) is 0 Å². The van der Waals surface area contributed by atoms with Gasteiger partial charge in [0.05, 0.1) is 19.6 Å². The standard InChI is InChI=1S/C16H15Cl3O2/c1-9-4-14(20-2)15(21-3)8-13(9)16(19)10-5-11(17)7-12(18)6-10/h4-8,16H,1-3H3. The van der Waals surface area contributed by atoms with Gasteiger partial charge in [0.15, 0.2) is 11.5 Å². The molecule has 0 amide bonds. The van der Waals surface area contributed by atoms with Crippen molar-refractivity contribution < 1.29 is 9.47 Å². The molecule has 0 saturated heterocycles. The van der Waals surface area contributed by atoms with E-state index < -0.39 is 0 Å². The average molecular weight is 346 g/mol. The summed E-state index contributed by atoms with van der Waals surface area (Å²) in [5.74, 6) is 1.31. The van der Waals surface area contributed by atoms with E-state index in [1.165, 1.54) is 0 Å². The second kappa shape index (κ2) is 6.78. The fraction of sp³-hybridized carbons (Fsp3) is 0.250. The van der Waals surface area contributed by atoms with Crippen LogP contribution in [0.1, 0.15) is 22.1 Å². The Kier molecular flexibility index (Phi) is 5.26. The Morgan fingerprint density at radius 1 is 0.857 bits per heavy atom. The molecule has 1 atom stereocenters. The van der Waals surface area contributed by atoms with E-state index in [4.69, 9.17) is 44.3 Å². The molecule has 0 aliphatic heterocycles. The van der Waals surface area contributed by atoms with Gasteiger partial charge in [-0.1, -0.05) is 23.2 Å². The van der Waals surface area contributed by atoms with Crippen molar-refractivity contribution in [2.45, 2.75) is 12.3 Å². The van der Waals surface area contributed by atoms with Gasteiger partial charge in [-0.05, 0) is 53.9 Å². The molecule has 0 bridgehead atoms. The molecule has 0 radical (unpaired) electrons. The van der Waals surface area contributed by atoms with E-state index in [9.17, 15) is 0 Å². The van der Waals surface area contributed by atoms with Crippen molar-refractivity contribution in [2.24, 2.45) is 0 Å². The van der Waals surface area contributed by atoms with Gasteiger partial charge in [0.1, 0.15) is 0 Å². The fourth-order valence-electron chi connectivity index (χ4n) is 2.17. The van der Waals surface area contributed by atoms with Gasteiger partial charge in [0.25, 0.3) is 0 Å². The largest absolute Gasteiger partial charge is 0.493 e. The fourth-order valence-corrected chi connectivity index (χ4v) is 3.07. The number of alkyl halides is 1. The third kappa shape index (κ3) is 3.57. The summed E-state index contributed by atoms with van der Waals surface area (Å²) in [6.07, 6.45) is 0. The van der Waals surface area contributed by atoms with E-state index in [1.807, 2.05) is 19.1 Å². The summed E-state index contributed by atoms with van der Waals surface area (Å²) >= 11 is 18.7. The van der Waals surface area contributed by atoms with Crippen LogP contribution in [0, 0.1) is 6.92 Å². The van der Waals surface area contributed by atoms with Crippen molar-refractivity contribution in [3.8, 4) is 11.5 Å². The van der Waals surface area contributed by atoms with Crippen LogP contribution in [-0.4, -0.2) is 14.2 Å². The highest BCUT2D eigenvalue weighted by Crippen LogP contribution is 2.39. The van der Waals surface area contributed by atoms with Crippen LogP contribution in [0.2, 0.25) is 10.0 Å². The third-order valence-electron chi connectivity index (χ3n) is 3.22. The van der Waals surface area contributed by atoms with Crippen LogP contribution in [0.15, 0.2) is 30.3 Å². The van der Waals surface area contributed by atoms with Crippen LogP contribution in [0.3, 0.4) is 0 Å². The van der Waals surface area contributed by atoms with E-state index >= 15 is 0 Å². The third-order valence-corrected chi connectivity index (χ3v) is 4.15. The molecule has 0 aliphatic rings. The smallest absolute Gasteiger partial charge is 0.161 e. The van der Waals surface area contributed by atoms with E-state index in [0.717, 1.165) is 16.7 Å². The first-order chi connectivity index (χ1) is 9.96. The lowest BCUT2D eigenvalue weighted by molar-refractivity contribution is 0.354. The number of hydrogen-bond donors (Lipinski definition) is 0. The Morgan fingerprint density at radius 2 is 1.38 bits per heavy atom. The Hall–Kier alpha value is -1.09. The predicted octanol–water partition coefficient (Wildman–Crippen LogP) is 5.65. The number of halogens is 3. The average Bonchev–Trinajstić information content (AvgIpc) is 2.45. The summed E-state index contributed by atoms with van der Waals surface area (Å²) in [4.78, 5) is 0. The zero-order valence-corrected chi connectivity index (χ0v) is 14.2. The van der Waals surface area contributed by atoms with Gasteiger partial charge in [0.2, 0.25) is 0 Å². The molecule has 1 unspecified atom stereocenters. The highest BCUT2D eigenvalue weighted by Gasteiger charge is 2.18. The lowest BCUT2D eigenvalue weighted by Gasteiger charge is -2.17. The number of aryl methyl sites for hydroxylation is 1. The minimum absolute atomic E-state index is 0.374. The molecule has 2 rings (SSSR count). The molecule has 0 N–H and O–H groups in total. The van der Waals surface area contributed by atoms with Gasteiger partial charge >= 0.3 is 0 Å². The SMILES string of the molecule is COc1cc(C)c(C(Cl)c2cc(Cl)cc(Cl)c2)cc1OC. The Bertz CT molecular complexity index is 636. The zero-order valence-electron chi connectivity index (χ0n) is 11.9. The topological polar surface area (TPSA) is 18.5 Å². The first-order valence-corrected chi connectivity index (χ1v) is 7.48. The maximum absolute atomic E-state index is 6.59. The van der Waals surface area contributed by atoms with Crippen molar-refractivity contribution in [2.75, 3.05) is 14.2 Å². The van der Waals surface area contributed by atoms with Crippen LogP contribution in [-0.2, 0) is 0 Å². The quantitative estimate of drug-likeness (QED) is 0.667. The summed E-state index contributed by atoms with van der Waals surface area (Å²) in [6, 6.07) is 9.07. The Balaban J connectivity index is 2.49. The van der Waals surface area contributed by atoms with E-state index in [-0.39, 0.29) is 5.38 Å². The maximum Gasteiger partial charge on any atom is 0.161 e. The van der Waals surface area contributed by atoms with Crippen LogP contribution in [0.4, 0.5) is 0 Å². The molecule has 0 heterocycles. The zero-order chi connectivity index (χ0) is 15.6. The first kappa shape index (κ1) is 16.3. The van der Waals surface area contributed by atoms with Crippen LogP contribution in [0.5, 0.6) is 11.5 Å². The molecular formula is C16H15Cl3O2. The van der Waals surface area contributed by atoms with E-state index in [0.29, 0.717) is 21.5 Å². The minimum atomic E-state index is -0.374. The number of hydrogen-bond acceptors (Lipinski definition) is 2. The van der Waals surface area contributed by atoms with Crippen LogP contribution in [0.25, 0.3) is 0 Å². The summed E-state index contributed by atoms with van der Waals surface area (Å²) in [7, 11) is 3.20. The number of rotatable bonds is 4. The molecular weight excluding hydrogens is 331 g/mol. The molecule has 0 aliphatic carbocycles. The summed E-state index contributed by atoms with van der Waals surface area (Å²) in [6.45, 7) is 1.97. The Morgan fingerprint density at radius 3 is 1.90 bits per heavy atom. The lowest BCUT2D eigenvalue weighted by Crippen LogP contribution is -2.00. The summed E-state index contributed by atoms with van der Waals surface area (Å²) in [5.41, 5.74) is 2.76. The molecule has 112 valence electrons. The van der Waals surface area contributed by atoms with Crippen molar-refractivity contribution in [3.63, 3.8) is 0 Å². The van der Waals surface area contributed by atoms with Gasteiger partial charge < -0.3 is 9.47 Å². The van der Waals surface area contributed by atoms with Crippen molar-refractivity contribution in [1.82, 2.24) is 0 Å². The molecule has 0 fully saturated rings. The monoisotopic (exact) mass is 344 g/mol. The number of ether oxygens (including phenoxy) is 2.